The number of nitrogens with two attached hydrogens (primary N) is 1. The number of aromatic nitrogens is 1. The predicted octanol–water partition coefficient (Wildman–Crippen LogP) is 3.87. The number of nitrogens with one attached hydrogen (secondary N) is 1. The first-order chi connectivity index (χ1) is 18.2. The van der Waals surface area contributed by atoms with Gasteiger partial charge in [0, 0.05) is 17.5 Å². The molecule has 1 unspecified atom stereocenters. The number of fused-ring (bicyclic) bond motifs is 1. The molecule has 3 N–H and O–H groups in total. The van der Waals surface area contributed by atoms with Gasteiger partial charge in [0.25, 0.3) is 0 Å². The van der Waals surface area contributed by atoms with Gasteiger partial charge in [-0.2, -0.15) is 5.26 Å². The Labute approximate surface area is 226 Å². The molecular weight excluding hydrogens is 478 g/mol. The van der Waals surface area contributed by atoms with E-state index in [0.29, 0.717) is 36.4 Å². The molecule has 204 valence electrons. The predicted molar refractivity (Wildman–Crippen MR) is 147 cm³/mol. The SMILES string of the molecule is CCCCc1cc2ccccc2c(OCC[N+](C)(C)[C@H]2CCCC[C@@]2(C(N)=O)C(=O)NC(C#N)C2CC2)n1. The molecule has 38 heavy (non-hydrogen) atoms. The lowest BCUT2D eigenvalue weighted by Gasteiger charge is -2.49. The van der Waals surface area contributed by atoms with Crippen molar-refractivity contribution in [1.29, 1.82) is 5.26 Å². The lowest BCUT2D eigenvalue weighted by Crippen LogP contribution is -2.68. The first-order valence-electron chi connectivity index (χ1n) is 14.1. The highest BCUT2D eigenvalue weighted by Crippen LogP contribution is 2.42. The van der Waals surface area contributed by atoms with Crippen LogP contribution in [0.1, 0.15) is 64.0 Å². The Hall–Kier alpha value is -3.18. The van der Waals surface area contributed by atoms with E-state index in [2.05, 4.69) is 30.4 Å². The highest BCUT2D eigenvalue weighted by atomic mass is 16.5. The van der Waals surface area contributed by atoms with Crippen LogP contribution >= 0.6 is 0 Å². The number of benzene rings is 1. The van der Waals surface area contributed by atoms with Crippen molar-refractivity contribution in [3.8, 4) is 11.9 Å². The molecule has 0 spiro atoms. The van der Waals surface area contributed by atoms with Gasteiger partial charge in [0.15, 0.2) is 5.41 Å². The van der Waals surface area contributed by atoms with E-state index < -0.39 is 23.3 Å². The number of unbranched alkanes of at least 4 members (excludes halogenated alkanes) is 1. The normalized spacial score (nSPS) is 22.4. The van der Waals surface area contributed by atoms with Gasteiger partial charge < -0.3 is 20.3 Å². The number of pyridine rings is 1. The summed E-state index contributed by atoms with van der Waals surface area (Å²) in [5, 5.41) is 14.6. The second-order valence-electron chi connectivity index (χ2n) is 11.6. The van der Waals surface area contributed by atoms with Crippen molar-refractivity contribution in [2.45, 2.75) is 76.8 Å². The minimum Gasteiger partial charge on any atom is -0.471 e. The van der Waals surface area contributed by atoms with Gasteiger partial charge in [-0.05, 0) is 62.0 Å². The maximum absolute atomic E-state index is 13.7. The number of rotatable bonds is 12. The van der Waals surface area contributed by atoms with E-state index in [9.17, 15) is 14.9 Å². The van der Waals surface area contributed by atoms with Crippen molar-refractivity contribution in [2.75, 3.05) is 27.2 Å². The lowest BCUT2D eigenvalue weighted by molar-refractivity contribution is -0.921. The third-order valence-corrected chi connectivity index (χ3v) is 8.53. The van der Waals surface area contributed by atoms with Gasteiger partial charge in [-0.25, -0.2) is 4.98 Å². The summed E-state index contributed by atoms with van der Waals surface area (Å²) in [4.78, 5) is 31.5. The molecule has 1 heterocycles. The van der Waals surface area contributed by atoms with Crippen LogP contribution in [-0.2, 0) is 16.0 Å². The number of ether oxygens (including phenoxy) is 1. The van der Waals surface area contributed by atoms with Gasteiger partial charge in [-0.3, -0.25) is 9.59 Å². The first-order valence-corrected chi connectivity index (χ1v) is 14.1. The summed E-state index contributed by atoms with van der Waals surface area (Å²) < 4.78 is 6.70. The molecule has 8 heteroatoms. The maximum Gasteiger partial charge on any atom is 0.242 e. The minimum absolute atomic E-state index is 0.169. The zero-order valence-corrected chi connectivity index (χ0v) is 23.0. The smallest absolute Gasteiger partial charge is 0.242 e. The summed E-state index contributed by atoms with van der Waals surface area (Å²) in [5.41, 5.74) is 5.68. The molecule has 4 rings (SSSR count). The Morgan fingerprint density at radius 1 is 1.26 bits per heavy atom. The number of hydrogen-bond acceptors (Lipinski definition) is 5. The number of primary amides is 1. The highest BCUT2D eigenvalue weighted by molar-refractivity contribution is 6.05. The van der Waals surface area contributed by atoms with Crippen molar-refractivity contribution in [2.24, 2.45) is 17.1 Å². The molecule has 0 radical (unpaired) electrons. The zero-order valence-electron chi connectivity index (χ0n) is 23.0. The summed E-state index contributed by atoms with van der Waals surface area (Å²) >= 11 is 0. The van der Waals surface area contributed by atoms with Crippen LogP contribution in [0.2, 0.25) is 0 Å². The fourth-order valence-corrected chi connectivity index (χ4v) is 6.07. The standard InChI is InChI=1S/C30H41N5O3/c1-4-5-11-23-19-22-10-6-7-12-24(22)27(33-23)38-18-17-35(2,3)26-13-8-9-16-30(26,28(32)36)29(37)34-25(20-31)21-14-15-21/h6-7,10,12,19,21,25-26H,4-5,8-9,11,13-18H2,1-3H3,(H2-,32,34,36,37)/p+1/t25?,26-,30+/m0/s1. The van der Waals surface area contributed by atoms with Crippen LogP contribution in [0.25, 0.3) is 10.8 Å². The maximum atomic E-state index is 13.7. The molecule has 3 atom stereocenters. The van der Waals surface area contributed by atoms with E-state index >= 15 is 0 Å². The lowest BCUT2D eigenvalue weighted by atomic mass is 9.67. The number of aryl methyl sites for hydroxylation is 1. The number of nitrogens with zero attached hydrogens (tertiary/aromatic N) is 3. The Morgan fingerprint density at radius 2 is 2.03 bits per heavy atom. The largest absolute Gasteiger partial charge is 0.471 e. The fourth-order valence-electron chi connectivity index (χ4n) is 6.07. The fraction of sp³-hybridized carbons (Fsp3) is 0.600. The van der Waals surface area contributed by atoms with Crippen LogP contribution < -0.4 is 15.8 Å². The van der Waals surface area contributed by atoms with Gasteiger partial charge in [-0.1, -0.05) is 38.0 Å². The molecule has 0 bridgehead atoms. The molecule has 2 aliphatic rings. The Kier molecular flexibility index (Phi) is 8.57. The molecular formula is C30H42N5O3+. The van der Waals surface area contributed by atoms with Crippen LogP contribution in [0.3, 0.4) is 0 Å². The van der Waals surface area contributed by atoms with Crippen molar-refractivity contribution >= 4 is 22.6 Å². The Balaban J connectivity index is 1.53. The Bertz CT molecular complexity index is 1200. The van der Waals surface area contributed by atoms with E-state index in [-0.39, 0.29) is 12.0 Å². The van der Waals surface area contributed by atoms with Crippen molar-refractivity contribution < 1.29 is 18.8 Å². The van der Waals surface area contributed by atoms with Crippen LogP contribution in [0.5, 0.6) is 5.88 Å². The van der Waals surface area contributed by atoms with Crippen LogP contribution in [0.15, 0.2) is 30.3 Å². The van der Waals surface area contributed by atoms with Crippen LogP contribution in [-0.4, -0.2) is 60.6 Å². The highest BCUT2D eigenvalue weighted by Gasteiger charge is 2.59. The summed E-state index contributed by atoms with van der Waals surface area (Å²) in [6.07, 6.45) is 7.70. The molecule has 2 aliphatic carbocycles. The number of likely N-dealkylation sites (N-methyl/N-ethyl adjacent to an activating group) is 1. The molecule has 0 saturated heterocycles. The molecule has 0 aliphatic heterocycles. The average Bonchev–Trinajstić information content (AvgIpc) is 3.75. The average molecular weight is 521 g/mol. The molecule has 2 aromatic rings. The van der Waals surface area contributed by atoms with Gasteiger partial charge in [0.2, 0.25) is 17.7 Å². The number of amides is 2. The summed E-state index contributed by atoms with van der Waals surface area (Å²) in [6, 6.07) is 11.6. The number of carbonyl (C=O) groups is 2. The third-order valence-electron chi connectivity index (χ3n) is 8.53. The van der Waals surface area contributed by atoms with E-state index in [1.807, 2.05) is 32.3 Å². The Morgan fingerprint density at radius 3 is 2.71 bits per heavy atom. The second kappa shape index (κ2) is 11.7. The zero-order chi connectivity index (χ0) is 27.3. The topological polar surface area (TPSA) is 118 Å². The van der Waals surface area contributed by atoms with E-state index in [1.165, 1.54) is 0 Å². The number of quaternary nitrogens is 1. The second-order valence-corrected chi connectivity index (χ2v) is 11.6. The number of nitriles is 1. The van der Waals surface area contributed by atoms with Crippen molar-refractivity contribution in [3.05, 3.63) is 36.0 Å². The monoisotopic (exact) mass is 520 g/mol. The molecule has 8 nitrogen and oxygen atoms in total. The molecule has 2 amide bonds. The molecule has 2 fully saturated rings. The minimum atomic E-state index is -1.35. The number of hydrogen-bond donors (Lipinski definition) is 2. The van der Waals surface area contributed by atoms with Gasteiger partial charge in [0.05, 0.1) is 20.2 Å². The third kappa shape index (κ3) is 5.78. The molecule has 1 aromatic heterocycles. The van der Waals surface area contributed by atoms with Crippen molar-refractivity contribution in [1.82, 2.24) is 10.3 Å². The van der Waals surface area contributed by atoms with E-state index in [1.54, 1.807) is 0 Å². The van der Waals surface area contributed by atoms with Crippen molar-refractivity contribution in [3.63, 3.8) is 0 Å². The van der Waals surface area contributed by atoms with E-state index in [0.717, 1.165) is 61.4 Å². The van der Waals surface area contributed by atoms with E-state index in [4.69, 9.17) is 15.5 Å². The summed E-state index contributed by atoms with van der Waals surface area (Å²) in [5.74, 6) is -0.201. The number of carbonyl (C=O) groups excluding carboxylic acids is 2. The summed E-state index contributed by atoms with van der Waals surface area (Å²) in [7, 11) is 4.08. The van der Waals surface area contributed by atoms with Gasteiger partial charge in [-0.15, -0.1) is 0 Å². The van der Waals surface area contributed by atoms with Crippen LogP contribution in [0, 0.1) is 22.7 Å². The van der Waals surface area contributed by atoms with Crippen LogP contribution in [0.4, 0.5) is 0 Å². The summed E-state index contributed by atoms with van der Waals surface area (Å²) in [6.45, 7) is 3.13. The first kappa shape index (κ1) is 27.8. The van der Waals surface area contributed by atoms with Gasteiger partial charge in [0.1, 0.15) is 25.2 Å². The molecule has 2 saturated carbocycles. The van der Waals surface area contributed by atoms with Gasteiger partial charge >= 0.3 is 0 Å². The molecule has 1 aromatic carbocycles. The quantitative estimate of drug-likeness (QED) is 0.325.